The summed E-state index contributed by atoms with van der Waals surface area (Å²) in [5.74, 6) is -0.317. The number of hydrogen-bond donors (Lipinski definition) is 0. The first kappa shape index (κ1) is 48.8. The van der Waals surface area contributed by atoms with Crippen molar-refractivity contribution in [3.8, 4) is 0 Å². The highest BCUT2D eigenvalue weighted by Gasteiger charge is 2.22. The third-order valence-electron chi connectivity index (χ3n) is 9.17. The molecule has 0 aromatic heterocycles. The summed E-state index contributed by atoms with van der Waals surface area (Å²) in [5, 5.41) is 0. The molecule has 0 saturated carbocycles. The van der Waals surface area contributed by atoms with E-state index in [2.05, 4.69) is 42.0 Å². The lowest BCUT2D eigenvalue weighted by molar-refractivity contribution is -0.883. The highest BCUT2D eigenvalue weighted by Crippen LogP contribution is 2.14. The fourth-order valence-corrected chi connectivity index (χ4v) is 6.06. The number of esters is 2. The number of carbonyl (C=O) groups is 2. The van der Waals surface area contributed by atoms with Gasteiger partial charge in [-0.05, 0) is 36.8 Å². The number of hydrogen-bond acceptors (Lipinski definition) is 4. The van der Waals surface area contributed by atoms with Gasteiger partial charge in [-0.15, -0.1) is 0 Å². The zero-order valence-electron chi connectivity index (χ0n) is 32.0. The monoisotopic (exact) mass is 717 g/mol. The van der Waals surface area contributed by atoms with Gasteiger partial charge in [-0.1, -0.05) is 141 Å². The SMILES string of the molecule is CCCCCCCCCCCC[N+](C)(C)CC(=O)OCc1ccc(COC(=O)C[N+](C)(C)CCCCCCCCCCCC)cc1.[Cl-].[Cl-]. The largest absolute Gasteiger partial charge is 1.00 e. The molecule has 0 bridgehead atoms. The van der Waals surface area contributed by atoms with Crippen LogP contribution >= 0.6 is 0 Å². The molecule has 48 heavy (non-hydrogen) atoms. The maximum absolute atomic E-state index is 12.5. The molecule has 1 rings (SSSR count). The Morgan fingerprint density at radius 2 is 0.708 bits per heavy atom. The van der Waals surface area contributed by atoms with E-state index in [1.54, 1.807) is 0 Å². The zero-order chi connectivity index (χ0) is 33.9. The van der Waals surface area contributed by atoms with Gasteiger partial charge in [0.15, 0.2) is 13.1 Å². The molecular weight excluding hydrogens is 643 g/mol. The Kier molecular flexibility index (Phi) is 31.0. The highest BCUT2D eigenvalue weighted by molar-refractivity contribution is 5.71. The standard InChI is InChI=1S/C40H74N2O4.2ClH/c1-7-9-11-13-15-17-19-21-23-25-31-41(3,4)33-39(43)45-35-37-27-29-38(30-28-37)36-46-40(44)34-42(5,6)32-26-24-22-20-18-16-14-12-10-8-2;;/h27-30H,7-26,31-36H2,1-6H3;2*1H/q+2;;/p-2. The van der Waals surface area contributed by atoms with Gasteiger partial charge in [-0.2, -0.15) is 0 Å². The van der Waals surface area contributed by atoms with Gasteiger partial charge in [0, 0.05) is 0 Å². The first-order valence-corrected chi connectivity index (χ1v) is 19.1. The van der Waals surface area contributed by atoms with Crippen LogP contribution in [0.4, 0.5) is 0 Å². The van der Waals surface area contributed by atoms with Gasteiger partial charge in [0.2, 0.25) is 0 Å². The quantitative estimate of drug-likeness (QED) is 0.0692. The lowest BCUT2D eigenvalue weighted by atomic mass is 10.1. The Hall–Kier alpha value is -1.34. The molecule has 0 fully saturated rings. The molecule has 0 N–H and O–H groups in total. The molecule has 8 heteroatoms. The van der Waals surface area contributed by atoms with Crippen LogP contribution in [0.15, 0.2) is 24.3 Å². The number of carbonyl (C=O) groups excluding carboxylic acids is 2. The van der Waals surface area contributed by atoms with Crippen molar-refractivity contribution in [1.29, 1.82) is 0 Å². The molecule has 0 unspecified atom stereocenters. The molecule has 1 aromatic carbocycles. The van der Waals surface area contributed by atoms with E-state index in [-0.39, 0.29) is 50.0 Å². The van der Waals surface area contributed by atoms with Crippen LogP contribution in [0.25, 0.3) is 0 Å². The van der Waals surface area contributed by atoms with Gasteiger partial charge >= 0.3 is 11.9 Å². The fourth-order valence-electron chi connectivity index (χ4n) is 6.06. The summed E-state index contributed by atoms with van der Waals surface area (Å²) in [4.78, 5) is 25.1. The van der Waals surface area contributed by atoms with E-state index in [1.807, 2.05) is 24.3 Å². The maximum atomic E-state index is 12.5. The second kappa shape index (κ2) is 30.5. The molecule has 0 spiro atoms. The smallest absolute Gasteiger partial charge is 0.362 e. The molecule has 0 amide bonds. The van der Waals surface area contributed by atoms with Crippen molar-refractivity contribution >= 4 is 11.9 Å². The van der Waals surface area contributed by atoms with Gasteiger partial charge in [0.1, 0.15) is 13.2 Å². The molecule has 0 heterocycles. The van der Waals surface area contributed by atoms with Gasteiger partial charge in [0.05, 0.1) is 41.3 Å². The summed E-state index contributed by atoms with van der Waals surface area (Å²) in [7, 11) is 8.46. The molecule has 282 valence electrons. The molecule has 0 saturated heterocycles. The predicted octanol–water partition coefficient (Wildman–Crippen LogP) is 3.78. The Morgan fingerprint density at radius 3 is 0.979 bits per heavy atom. The van der Waals surface area contributed by atoms with Gasteiger partial charge < -0.3 is 43.3 Å². The molecule has 0 aliphatic carbocycles. The van der Waals surface area contributed by atoms with E-state index in [4.69, 9.17) is 9.47 Å². The minimum atomic E-state index is -0.159. The van der Waals surface area contributed by atoms with E-state index < -0.39 is 0 Å². The second-order valence-electron chi connectivity index (χ2n) is 15.1. The van der Waals surface area contributed by atoms with Gasteiger partial charge in [-0.3, -0.25) is 0 Å². The number of halogens is 2. The lowest BCUT2D eigenvalue weighted by Gasteiger charge is -2.28. The fraction of sp³-hybridized carbons (Fsp3) is 0.800. The number of rotatable bonds is 30. The molecule has 0 atom stereocenters. The zero-order valence-corrected chi connectivity index (χ0v) is 33.5. The first-order chi connectivity index (χ1) is 22.1. The Morgan fingerprint density at radius 1 is 0.458 bits per heavy atom. The summed E-state index contributed by atoms with van der Waals surface area (Å²) in [5.41, 5.74) is 1.88. The van der Waals surface area contributed by atoms with Crippen molar-refractivity contribution < 1.29 is 52.8 Å². The third kappa shape index (κ3) is 28.5. The van der Waals surface area contributed by atoms with Crippen LogP contribution in [0, 0.1) is 0 Å². The molecule has 0 aliphatic rings. The van der Waals surface area contributed by atoms with Gasteiger partial charge in [-0.25, -0.2) is 9.59 Å². The normalized spacial score (nSPS) is 11.5. The van der Waals surface area contributed by atoms with Crippen molar-refractivity contribution in [2.45, 2.75) is 155 Å². The van der Waals surface area contributed by atoms with E-state index in [0.717, 1.165) is 37.1 Å². The third-order valence-corrected chi connectivity index (χ3v) is 9.17. The number of ether oxygens (including phenoxy) is 2. The van der Waals surface area contributed by atoms with Crippen LogP contribution in [0.1, 0.15) is 153 Å². The number of likely N-dealkylation sites (N-methyl/N-ethyl adjacent to an activating group) is 2. The van der Waals surface area contributed by atoms with Crippen molar-refractivity contribution in [3.63, 3.8) is 0 Å². The van der Waals surface area contributed by atoms with Crippen LogP contribution in [0.2, 0.25) is 0 Å². The van der Waals surface area contributed by atoms with Crippen LogP contribution in [-0.2, 0) is 32.3 Å². The molecule has 1 aromatic rings. The van der Waals surface area contributed by atoms with E-state index in [1.165, 1.54) is 116 Å². The number of unbranched alkanes of at least 4 members (excludes halogenated alkanes) is 18. The average molecular weight is 718 g/mol. The summed E-state index contributed by atoms with van der Waals surface area (Å²) in [6.45, 7) is 7.83. The Balaban J connectivity index is 0. The lowest BCUT2D eigenvalue weighted by Crippen LogP contribution is -3.00. The average Bonchev–Trinajstić information content (AvgIpc) is 3.01. The van der Waals surface area contributed by atoms with Gasteiger partial charge in [0.25, 0.3) is 0 Å². The summed E-state index contributed by atoms with van der Waals surface area (Å²) in [6.07, 6.45) is 26.4. The number of quaternary nitrogens is 2. The highest BCUT2D eigenvalue weighted by atomic mass is 35.5. The van der Waals surface area contributed by atoms with Crippen LogP contribution < -0.4 is 24.8 Å². The van der Waals surface area contributed by atoms with Crippen LogP contribution in [0.3, 0.4) is 0 Å². The van der Waals surface area contributed by atoms with E-state index in [9.17, 15) is 9.59 Å². The summed E-state index contributed by atoms with van der Waals surface area (Å²) < 4.78 is 12.5. The predicted molar refractivity (Wildman–Crippen MR) is 193 cm³/mol. The Bertz CT molecular complexity index is 836. The minimum absolute atomic E-state index is 0. The molecule has 6 nitrogen and oxygen atoms in total. The van der Waals surface area contributed by atoms with Crippen molar-refractivity contribution in [1.82, 2.24) is 0 Å². The van der Waals surface area contributed by atoms with Crippen molar-refractivity contribution in [2.24, 2.45) is 0 Å². The molecule has 0 radical (unpaired) electrons. The Labute approximate surface area is 309 Å². The summed E-state index contributed by atoms with van der Waals surface area (Å²) in [6, 6.07) is 7.80. The first-order valence-electron chi connectivity index (χ1n) is 19.1. The molecular formula is C40H74Cl2N2O4. The van der Waals surface area contributed by atoms with Crippen LogP contribution in [0.5, 0.6) is 0 Å². The molecule has 0 aliphatic heterocycles. The van der Waals surface area contributed by atoms with E-state index >= 15 is 0 Å². The van der Waals surface area contributed by atoms with E-state index in [0.29, 0.717) is 22.1 Å². The number of nitrogens with zero attached hydrogens (tertiary/aromatic N) is 2. The topological polar surface area (TPSA) is 52.6 Å². The second-order valence-corrected chi connectivity index (χ2v) is 15.1. The maximum Gasteiger partial charge on any atom is 0.362 e. The number of benzene rings is 1. The summed E-state index contributed by atoms with van der Waals surface area (Å²) >= 11 is 0. The van der Waals surface area contributed by atoms with Crippen molar-refractivity contribution in [3.05, 3.63) is 35.4 Å². The minimum Gasteiger partial charge on any atom is -1.00 e. The van der Waals surface area contributed by atoms with Crippen molar-refractivity contribution in [2.75, 3.05) is 54.4 Å². The van der Waals surface area contributed by atoms with Crippen LogP contribution in [-0.4, -0.2) is 75.3 Å².